The van der Waals surface area contributed by atoms with Crippen molar-refractivity contribution in [2.45, 2.75) is 199 Å². The first-order valence-electron chi connectivity index (χ1n) is 24.9. The minimum atomic E-state index is -1.78. The monoisotopic (exact) mass is 1050 g/mol. The molecule has 0 spiro atoms. The van der Waals surface area contributed by atoms with Crippen LogP contribution in [0.4, 0.5) is 0 Å². The summed E-state index contributed by atoms with van der Waals surface area (Å²) in [6.45, 7) is 9.99. The zero-order valence-electron chi connectivity index (χ0n) is 43.3. The maximum Gasteiger partial charge on any atom is 0.326 e. The molecule has 1 heterocycles. The first-order valence-corrected chi connectivity index (χ1v) is 24.9. The number of unbranched alkanes of at least 4 members (excludes halogenated alkanes) is 6. The molecule has 418 valence electrons. The third kappa shape index (κ3) is 23.8. The Morgan fingerprint density at radius 2 is 1.15 bits per heavy atom. The highest BCUT2D eigenvalue weighted by Crippen LogP contribution is 2.20. The van der Waals surface area contributed by atoms with Crippen molar-refractivity contribution in [3.05, 3.63) is 0 Å². The molecule has 0 bridgehead atoms. The minimum Gasteiger partial charge on any atom is -0.481 e. The molecule has 10 amide bonds. The smallest absolute Gasteiger partial charge is 0.326 e. The summed E-state index contributed by atoms with van der Waals surface area (Å²) in [6, 6.07) is -12.2. The van der Waals surface area contributed by atoms with Crippen molar-refractivity contribution in [1.82, 2.24) is 47.4 Å². The van der Waals surface area contributed by atoms with Crippen molar-refractivity contribution in [2.24, 2.45) is 11.7 Å². The number of primary amides is 1. The first kappa shape index (κ1) is 65.2. The van der Waals surface area contributed by atoms with Crippen LogP contribution in [0.3, 0.4) is 0 Å². The largest absolute Gasteiger partial charge is 0.481 e. The van der Waals surface area contributed by atoms with Crippen LogP contribution in [0.1, 0.15) is 138 Å². The zero-order chi connectivity index (χ0) is 56.4. The van der Waals surface area contributed by atoms with Crippen LogP contribution in [0.25, 0.3) is 0 Å². The number of nitrogens with two attached hydrogens (primary N) is 1. The van der Waals surface area contributed by atoms with Crippen LogP contribution in [0.15, 0.2) is 0 Å². The van der Waals surface area contributed by atoms with E-state index in [0.29, 0.717) is 12.8 Å². The van der Waals surface area contributed by atoms with Gasteiger partial charge in [0.05, 0.1) is 31.1 Å². The van der Waals surface area contributed by atoms with Gasteiger partial charge in [0, 0.05) is 25.9 Å². The zero-order valence-corrected chi connectivity index (χ0v) is 43.3. The minimum absolute atomic E-state index is 0.0142. The molecule has 1 saturated heterocycles. The number of hydrogen-bond acceptors (Lipinski definition) is 15. The highest BCUT2D eigenvalue weighted by atomic mass is 16.4. The van der Waals surface area contributed by atoms with E-state index in [4.69, 9.17) is 15.9 Å². The number of carboxylic acids is 2. The second-order valence-corrected chi connectivity index (χ2v) is 18.9. The number of aliphatic hydroxyl groups excluding tert-OH is 2. The Hall–Kier alpha value is -6.77. The number of Topliss-reactive ketones (excluding diaryl/α,β-unsaturated/α-hetero) is 1. The van der Waals surface area contributed by atoms with Crippen LogP contribution in [0.2, 0.25) is 0 Å². The van der Waals surface area contributed by atoms with Crippen molar-refractivity contribution in [3.8, 4) is 0 Å². The molecular formula is C47H78N10O17. The standard InChI is InChI=1S/C47H78N10O17/c1-8-9-10-11-12-13-14-17-34(61)52-29(21-24(2)3)42(68)56-38(28(7)59)46(72)57-20-15-16-32(57)43(69)55-37(27(6)58)44(70)51-26(5)40(66)54-30(22-33(48)60)41(67)50-25(4)39(65)45(71)49-19-18-35(62)53-31(47(73)74)23-36(63)64/h24-32,37-38,58-59H,8-23H2,1-7H3,(H2,48,60)(H,49,71)(H,50,67)(H,51,70)(H,52,61)(H,53,62)(H,54,66)(H,55,69)(H,56,68)(H,63,64)(H,73,74)/t25-,26-,27+,28+,29-,30-,31-,32-,37-,38-/m0/s1. The molecule has 0 saturated carbocycles. The number of amides is 10. The molecule has 27 nitrogen and oxygen atoms in total. The van der Waals surface area contributed by atoms with Crippen molar-refractivity contribution in [2.75, 3.05) is 13.1 Å². The quantitative estimate of drug-likeness (QED) is 0.0220. The lowest BCUT2D eigenvalue weighted by molar-refractivity contribution is -0.147. The van der Waals surface area contributed by atoms with Gasteiger partial charge in [0.1, 0.15) is 42.3 Å². The van der Waals surface area contributed by atoms with Gasteiger partial charge < -0.3 is 73.6 Å². The second kappa shape index (κ2) is 33.1. The lowest BCUT2D eigenvalue weighted by Crippen LogP contribution is -2.62. The second-order valence-electron chi connectivity index (χ2n) is 18.9. The Bertz CT molecular complexity index is 2000. The predicted octanol–water partition coefficient (Wildman–Crippen LogP) is -3.13. The highest BCUT2D eigenvalue weighted by Gasteiger charge is 2.42. The molecule has 14 N–H and O–H groups in total. The van der Waals surface area contributed by atoms with Gasteiger partial charge in [0.15, 0.2) is 0 Å². The molecule has 0 aromatic heterocycles. The van der Waals surface area contributed by atoms with Gasteiger partial charge in [-0.1, -0.05) is 59.3 Å². The molecule has 74 heavy (non-hydrogen) atoms. The van der Waals surface area contributed by atoms with Gasteiger partial charge in [0.2, 0.25) is 58.9 Å². The summed E-state index contributed by atoms with van der Waals surface area (Å²) < 4.78 is 0. The molecule has 0 unspecified atom stereocenters. The Morgan fingerprint density at radius 1 is 0.595 bits per heavy atom. The number of carbonyl (C=O) groups excluding carboxylic acids is 11. The third-order valence-corrected chi connectivity index (χ3v) is 11.7. The normalized spacial score (nSPS) is 16.8. The van der Waals surface area contributed by atoms with E-state index >= 15 is 0 Å². The summed E-state index contributed by atoms with van der Waals surface area (Å²) in [5.41, 5.74) is 5.27. The number of carbonyl (C=O) groups is 13. The maximum atomic E-state index is 14.0. The van der Waals surface area contributed by atoms with E-state index in [-0.39, 0.29) is 37.6 Å². The fraction of sp³-hybridized carbons (Fsp3) is 0.723. The fourth-order valence-corrected chi connectivity index (χ4v) is 7.66. The summed E-state index contributed by atoms with van der Waals surface area (Å²) in [5, 5.41) is 57.5. The topological polar surface area (TPSA) is 428 Å². The van der Waals surface area contributed by atoms with E-state index in [1.807, 2.05) is 19.2 Å². The van der Waals surface area contributed by atoms with Gasteiger partial charge in [-0.15, -0.1) is 0 Å². The molecule has 0 aromatic rings. The molecule has 1 rings (SSSR count). The Kier molecular flexibility index (Phi) is 29.2. The van der Waals surface area contributed by atoms with Gasteiger partial charge in [-0.2, -0.15) is 0 Å². The molecule has 1 aliphatic rings. The number of aliphatic hydroxyl groups is 2. The molecule has 1 fully saturated rings. The number of rotatable bonds is 35. The molecular weight excluding hydrogens is 977 g/mol. The van der Waals surface area contributed by atoms with Crippen molar-refractivity contribution in [1.29, 1.82) is 0 Å². The van der Waals surface area contributed by atoms with Gasteiger partial charge >= 0.3 is 11.9 Å². The van der Waals surface area contributed by atoms with Crippen LogP contribution in [-0.2, 0) is 62.3 Å². The van der Waals surface area contributed by atoms with E-state index in [9.17, 15) is 72.5 Å². The third-order valence-electron chi connectivity index (χ3n) is 11.7. The van der Waals surface area contributed by atoms with E-state index < -0.39 is 157 Å². The number of nitrogens with zero attached hydrogens (tertiary/aromatic N) is 1. The fourth-order valence-electron chi connectivity index (χ4n) is 7.66. The molecule has 10 atom stereocenters. The van der Waals surface area contributed by atoms with Crippen LogP contribution < -0.4 is 48.3 Å². The number of aliphatic carboxylic acids is 2. The van der Waals surface area contributed by atoms with Crippen LogP contribution >= 0.6 is 0 Å². The van der Waals surface area contributed by atoms with E-state index in [1.165, 1.54) is 6.92 Å². The number of ketones is 1. The first-order chi connectivity index (χ1) is 34.6. The van der Waals surface area contributed by atoms with Crippen molar-refractivity contribution >= 4 is 76.8 Å². The van der Waals surface area contributed by atoms with Gasteiger partial charge in [-0.05, 0) is 59.3 Å². The number of nitrogens with one attached hydrogen (secondary N) is 8. The van der Waals surface area contributed by atoms with Crippen LogP contribution in [0, 0.1) is 5.92 Å². The predicted molar refractivity (Wildman–Crippen MR) is 261 cm³/mol. The summed E-state index contributed by atoms with van der Waals surface area (Å²) in [4.78, 5) is 166. The van der Waals surface area contributed by atoms with Crippen LogP contribution in [-0.4, -0.2) is 176 Å². The molecule has 0 aliphatic carbocycles. The molecule has 27 heteroatoms. The van der Waals surface area contributed by atoms with Gasteiger partial charge in [-0.25, -0.2) is 4.79 Å². The van der Waals surface area contributed by atoms with Gasteiger partial charge in [0.25, 0.3) is 5.91 Å². The SMILES string of the molecule is CCCCCCCCCC(=O)N[C@@H](CC(C)C)C(=O)N[C@H](C(=O)N1CCC[C@H]1C(=O)N[C@H](C(=O)N[C@@H](C)C(=O)N[C@@H](CC(N)=O)C(=O)N[C@@H](C)C(=O)C(=O)NCCC(=O)N[C@@H](CC(=O)O)C(=O)O)[C@@H](C)O)[C@@H](C)O. The lowest BCUT2D eigenvalue weighted by atomic mass is 10.0. The summed E-state index contributed by atoms with van der Waals surface area (Å²) in [5.74, 6) is -13.9. The summed E-state index contributed by atoms with van der Waals surface area (Å²) in [7, 11) is 0. The molecule has 0 radical (unpaired) electrons. The molecule has 1 aliphatic heterocycles. The Labute approximate surface area is 429 Å². The Balaban J connectivity index is 2.98. The lowest BCUT2D eigenvalue weighted by Gasteiger charge is -2.32. The van der Waals surface area contributed by atoms with Gasteiger partial charge in [-0.3, -0.25) is 57.5 Å². The number of hydrogen-bond donors (Lipinski definition) is 13. The van der Waals surface area contributed by atoms with E-state index in [0.717, 1.165) is 64.2 Å². The summed E-state index contributed by atoms with van der Waals surface area (Å²) >= 11 is 0. The number of likely N-dealkylation sites (tertiary alicyclic amines) is 1. The van der Waals surface area contributed by atoms with Crippen LogP contribution in [0.5, 0.6) is 0 Å². The van der Waals surface area contributed by atoms with E-state index in [1.54, 1.807) is 0 Å². The van der Waals surface area contributed by atoms with Crippen molar-refractivity contribution in [3.63, 3.8) is 0 Å². The highest BCUT2D eigenvalue weighted by molar-refractivity contribution is 6.38. The molecule has 0 aromatic carbocycles. The maximum absolute atomic E-state index is 14.0. The van der Waals surface area contributed by atoms with Crippen molar-refractivity contribution < 1.29 is 82.8 Å². The number of carboxylic acid groups (broad SMARTS) is 2. The Morgan fingerprint density at radius 3 is 1.70 bits per heavy atom. The average Bonchev–Trinajstić information content (AvgIpc) is 3.80. The average molecular weight is 1060 g/mol. The summed E-state index contributed by atoms with van der Waals surface area (Å²) in [6.07, 6.45) is 2.43. The van der Waals surface area contributed by atoms with E-state index in [2.05, 4.69) is 44.1 Å².